The fourth-order valence-corrected chi connectivity index (χ4v) is 3.43. The molecule has 0 atom stereocenters. The molecule has 0 unspecified atom stereocenters. The summed E-state index contributed by atoms with van der Waals surface area (Å²) >= 11 is 6.24. The second-order valence-corrected chi connectivity index (χ2v) is 6.17. The molecule has 0 bridgehead atoms. The minimum Gasteiger partial charge on any atom is -0.494 e. The van der Waals surface area contributed by atoms with Crippen LogP contribution in [0.1, 0.15) is 0 Å². The molecule has 0 aliphatic rings. The van der Waals surface area contributed by atoms with E-state index >= 15 is 0 Å². The molecule has 0 saturated heterocycles. The molecule has 0 radical (unpaired) electrons. The zero-order valence-corrected chi connectivity index (χ0v) is 14.2. The summed E-state index contributed by atoms with van der Waals surface area (Å²) < 4.78 is 8.27. The number of ether oxygens (including phenoxy) is 1. The van der Waals surface area contributed by atoms with Crippen molar-refractivity contribution in [2.45, 2.75) is 6.54 Å². The van der Waals surface area contributed by atoms with Crippen LogP contribution in [0, 0.1) is 0 Å². The second kappa shape index (κ2) is 5.86. The van der Waals surface area contributed by atoms with E-state index in [9.17, 15) is 9.90 Å². The summed E-state index contributed by atoms with van der Waals surface area (Å²) in [6, 6.07) is 13.2. The predicted molar refractivity (Wildman–Crippen MR) is 97.5 cm³/mol. The van der Waals surface area contributed by atoms with Crippen LogP contribution in [-0.4, -0.2) is 27.3 Å². The normalized spacial score (nSPS) is 11.3. The molecule has 126 valence electrons. The van der Waals surface area contributed by atoms with E-state index in [1.165, 1.54) is 7.11 Å². The maximum absolute atomic E-state index is 11.7. The number of carbonyl (C=O) groups excluding carboxylic acids is 1. The van der Waals surface area contributed by atoms with Gasteiger partial charge in [0.25, 0.3) is 0 Å². The van der Waals surface area contributed by atoms with Gasteiger partial charge >= 0.3 is 5.97 Å². The van der Waals surface area contributed by atoms with Crippen molar-refractivity contribution in [1.82, 2.24) is 9.13 Å². The molecule has 4 aromatic rings. The maximum atomic E-state index is 11.7. The molecular weight excluding hydrogens is 340 g/mol. The first-order chi connectivity index (χ1) is 12.1. The topological polar surface area (TPSA) is 56.4 Å². The largest absolute Gasteiger partial charge is 0.494 e. The number of aromatic nitrogens is 2. The molecule has 0 aliphatic carbocycles. The van der Waals surface area contributed by atoms with Crippen molar-refractivity contribution in [2.75, 3.05) is 7.11 Å². The number of benzene rings is 2. The first kappa shape index (κ1) is 15.6. The van der Waals surface area contributed by atoms with Gasteiger partial charge in [0.05, 0.1) is 28.7 Å². The van der Waals surface area contributed by atoms with Crippen LogP contribution in [-0.2, 0) is 16.1 Å². The van der Waals surface area contributed by atoms with Gasteiger partial charge in [-0.15, -0.1) is 0 Å². The van der Waals surface area contributed by atoms with Crippen molar-refractivity contribution in [2.24, 2.45) is 0 Å². The number of esters is 1. The number of rotatable bonds is 3. The third-order valence-electron chi connectivity index (χ3n) is 4.32. The summed E-state index contributed by atoms with van der Waals surface area (Å²) in [4.78, 5) is 11.7. The lowest BCUT2D eigenvalue weighted by molar-refractivity contribution is -0.141. The molecule has 0 amide bonds. The third-order valence-corrected chi connectivity index (χ3v) is 4.63. The Morgan fingerprint density at radius 2 is 1.92 bits per heavy atom. The summed E-state index contributed by atoms with van der Waals surface area (Å²) in [5, 5.41) is 13.6. The number of carbonyl (C=O) groups is 1. The highest BCUT2D eigenvalue weighted by atomic mass is 35.5. The van der Waals surface area contributed by atoms with E-state index in [1.807, 2.05) is 53.4 Å². The first-order valence-electron chi connectivity index (χ1n) is 7.73. The number of hydrogen-bond donors (Lipinski definition) is 1. The highest BCUT2D eigenvalue weighted by Gasteiger charge is 2.16. The molecule has 2 aromatic heterocycles. The van der Waals surface area contributed by atoms with Crippen molar-refractivity contribution in [3.8, 4) is 11.6 Å². The van der Waals surface area contributed by atoms with Crippen molar-refractivity contribution < 1.29 is 14.6 Å². The Morgan fingerprint density at radius 1 is 1.16 bits per heavy atom. The summed E-state index contributed by atoms with van der Waals surface area (Å²) in [6.45, 7) is 0.0965. The van der Waals surface area contributed by atoms with Gasteiger partial charge in [0.1, 0.15) is 6.54 Å². The number of halogens is 1. The zero-order chi connectivity index (χ0) is 17.6. The molecule has 5 nitrogen and oxygen atoms in total. The maximum Gasteiger partial charge on any atom is 0.325 e. The van der Waals surface area contributed by atoms with E-state index < -0.39 is 0 Å². The minimum atomic E-state index is -0.336. The van der Waals surface area contributed by atoms with Gasteiger partial charge in [0.2, 0.25) is 5.88 Å². The molecular formula is C19H15ClN2O3. The minimum absolute atomic E-state index is 0.0684. The Morgan fingerprint density at radius 3 is 2.68 bits per heavy atom. The van der Waals surface area contributed by atoms with Gasteiger partial charge in [0, 0.05) is 23.2 Å². The molecule has 2 aromatic carbocycles. The number of methoxy groups -OCH3 is 1. The molecule has 0 aliphatic heterocycles. The van der Waals surface area contributed by atoms with Gasteiger partial charge in [-0.1, -0.05) is 35.9 Å². The van der Waals surface area contributed by atoms with Gasteiger partial charge in [-0.05, 0) is 18.2 Å². The van der Waals surface area contributed by atoms with E-state index in [4.69, 9.17) is 16.3 Å². The van der Waals surface area contributed by atoms with Crippen LogP contribution >= 0.6 is 11.6 Å². The quantitative estimate of drug-likeness (QED) is 0.563. The summed E-state index contributed by atoms with van der Waals surface area (Å²) in [7, 11) is 1.36. The van der Waals surface area contributed by atoms with E-state index in [0.29, 0.717) is 10.4 Å². The highest BCUT2D eigenvalue weighted by molar-refractivity contribution is 6.36. The summed E-state index contributed by atoms with van der Waals surface area (Å²) in [5.41, 5.74) is 1.59. The number of hydrogen-bond acceptors (Lipinski definition) is 3. The van der Waals surface area contributed by atoms with Crippen LogP contribution in [0.4, 0.5) is 0 Å². The smallest absolute Gasteiger partial charge is 0.325 e. The Bertz CT molecular complexity index is 1110. The Labute approximate surface area is 148 Å². The van der Waals surface area contributed by atoms with Gasteiger partial charge in [-0.25, -0.2) is 0 Å². The molecule has 2 heterocycles. The van der Waals surface area contributed by atoms with Crippen LogP contribution in [0.3, 0.4) is 0 Å². The zero-order valence-electron chi connectivity index (χ0n) is 13.4. The molecule has 0 saturated carbocycles. The van der Waals surface area contributed by atoms with Gasteiger partial charge < -0.3 is 14.4 Å². The molecule has 25 heavy (non-hydrogen) atoms. The number of fused-ring (bicyclic) bond motifs is 2. The van der Waals surface area contributed by atoms with Crippen LogP contribution in [0.25, 0.3) is 27.4 Å². The van der Waals surface area contributed by atoms with Crippen LogP contribution in [0.5, 0.6) is 5.88 Å². The summed E-state index contributed by atoms with van der Waals surface area (Å²) in [6.07, 6.45) is 3.67. The molecule has 6 heteroatoms. The molecule has 1 N–H and O–H groups in total. The summed E-state index contributed by atoms with van der Waals surface area (Å²) in [5.74, 6) is -0.267. The first-order valence-corrected chi connectivity index (χ1v) is 8.11. The average Bonchev–Trinajstić information content (AvgIpc) is 3.17. The second-order valence-electron chi connectivity index (χ2n) is 5.76. The number of nitrogens with zero attached hydrogens (tertiary/aromatic N) is 2. The Kier molecular flexibility index (Phi) is 3.66. The van der Waals surface area contributed by atoms with Gasteiger partial charge in [0.15, 0.2) is 0 Å². The number of aromatic hydroxyl groups is 1. The van der Waals surface area contributed by atoms with E-state index in [2.05, 4.69) is 0 Å². The lowest BCUT2D eigenvalue weighted by Crippen LogP contribution is -2.11. The van der Waals surface area contributed by atoms with Crippen molar-refractivity contribution in [3.63, 3.8) is 0 Å². The van der Waals surface area contributed by atoms with Crippen LogP contribution < -0.4 is 0 Å². The fraction of sp³-hybridized carbons (Fsp3) is 0.105. The Hall–Kier alpha value is -2.92. The molecule has 0 spiro atoms. The van der Waals surface area contributed by atoms with E-state index in [1.54, 1.807) is 10.6 Å². The lowest BCUT2D eigenvalue weighted by Gasteiger charge is -2.11. The van der Waals surface area contributed by atoms with Crippen LogP contribution in [0.2, 0.25) is 5.02 Å². The standard InChI is InChI=1S/C19H15ClN2O3/c1-25-16(23)11-21-9-8-12-4-3-7-15(18(12)21)22-10-13-5-2-6-14(20)17(13)19(22)24/h2-10,24H,11H2,1H3. The fourth-order valence-electron chi connectivity index (χ4n) is 3.16. The lowest BCUT2D eigenvalue weighted by atomic mass is 10.2. The SMILES string of the molecule is COC(=O)Cn1ccc2cccc(-n3cc4cccc(Cl)c4c3O)c21. The molecule has 0 fully saturated rings. The van der Waals surface area contributed by atoms with Crippen molar-refractivity contribution in [3.05, 3.63) is 59.9 Å². The average molecular weight is 355 g/mol. The Balaban J connectivity index is 1.98. The number of para-hydroxylation sites is 1. The van der Waals surface area contributed by atoms with Crippen molar-refractivity contribution in [1.29, 1.82) is 0 Å². The predicted octanol–water partition coefficient (Wildman–Crippen LogP) is 4.12. The van der Waals surface area contributed by atoms with Crippen molar-refractivity contribution >= 4 is 39.2 Å². The highest BCUT2D eigenvalue weighted by Crippen LogP contribution is 2.37. The van der Waals surface area contributed by atoms with Crippen LogP contribution in [0.15, 0.2) is 54.9 Å². The monoisotopic (exact) mass is 354 g/mol. The molecule has 4 rings (SSSR count). The van der Waals surface area contributed by atoms with Gasteiger partial charge in [-0.3, -0.25) is 9.36 Å². The van der Waals surface area contributed by atoms with Gasteiger partial charge in [-0.2, -0.15) is 0 Å². The van der Waals surface area contributed by atoms with E-state index in [0.717, 1.165) is 22.0 Å². The third kappa shape index (κ3) is 2.44. The van der Waals surface area contributed by atoms with E-state index in [-0.39, 0.29) is 18.4 Å².